The molecule has 2 unspecified atom stereocenters. The SMILES string of the molecule is CCOC(=O)NS(=O)(=O)N1C2C=C(c3cc4c(-c5cc(F)ccc5OC)ccnc4[nH]3)CC1CC2. The highest BCUT2D eigenvalue weighted by molar-refractivity contribution is 7.87. The number of carbonyl (C=O) groups excluding carboxylic acids is 1. The summed E-state index contributed by atoms with van der Waals surface area (Å²) in [7, 11) is -2.49. The fraction of sp³-hybridized carbons (Fsp3) is 0.333. The zero-order valence-electron chi connectivity index (χ0n) is 19.2. The van der Waals surface area contributed by atoms with Crippen LogP contribution in [0.15, 0.2) is 42.6 Å². The molecule has 2 aliphatic rings. The van der Waals surface area contributed by atoms with Crippen LogP contribution in [-0.2, 0) is 14.9 Å². The standard InChI is InChI=1S/C24H25FN4O5S/c1-3-34-24(30)28-35(31,32)29-16-5-6-17(29)11-14(10-16)21-13-20-18(8-9-26-23(20)27-21)19-12-15(25)4-7-22(19)33-2/h4,7-10,12-13,16-17H,3,5-6,11H2,1-2H3,(H,26,27)(H,28,30). The van der Waals surface area contributed by atoms with E-state index in [1.165, 1.54) is 23.5 Å². The summed E-state index contributed by atoms with van der Waals surface area (Å²) in [5.74, 6) is 0.178. The van der Waals surface area contributed by atoms with Gasteiger partial charge in [-0.2, -0.15) is 12.7 Å². The summed E-state index contributed by atoms with van der Waals surface area (Å²) in [4.78, 5) is 19.5. The van der Waals surface area contributed by atoms with Gasteiger partial charge in [0.1, 0.15) is 17.2 Å². The number of nitrogens with zero attached hydrogens (tertiary/aromatic N) is 2. The van der Waals surface area contributed by atoms with Crippen molar-refractivity contribution >= 4 is 32.9 Å². The number of aromatic nitrogens is 2. The molecule has 0 saturated carbocycles. The number of halogens is 1. The number of rotatable bonds is 6. The Hall–Kier alpha value is -3.44. The van der Waals surface area contributed by atoms with Gasteiger partial charge in [0, 0.05) is 34.9 Å². The van der Waals surface area contributed by atoms with Crippen LogP contribution in [0.5, 0.6) is 5.75 Å². The molecule has 2 atom stereocenters. The highest BCUT2D eigenvalue weighted by Gasteiger charge is 2.44. The van der Waals surface area contributed by atoms with Gasteiger partial charge in [0.05, 0.1) is 13.7 Å². The molecular weight excluding hydrogens is 475 g/mol. The first kappa shape index (κ1) is 23.3. The lowest BCUT2D eigenvalue weighted by molar-refractivity contribution is 0.157. The molecule has 1 saturated heterocycles. The largest absolute Gasteiger partial charge is 0.496 e. The molecule has 2 bridgehead atoms. The van der Waals surface area contributed by atoms with Gasteiger partial charge >= 0.3 is 16.3 Å². The summed E-state index contributed by atoms with van der Waals surface area (Å²) < 4.78 is 53.2. The third-order valence-electron chi connectivity index (χ3n) is 6.43. The molecule has 1 amide bonds. The number of H-pyrrole nitrogens is 1. The summed E-state index contributed by atoms with van der Waals surface area (Å²) in [5, 5.41) is 0.804. The molecule has 2 aliphatic heterocycles. The number of aromatic amines is 1. The number of carbonyl (C=O) groups is 1. The molecule has 1 aromatic carbocycles. The van der Waals surface area contributed by atoms with Crippen molar-refractivity contribution in [2.75, 3.05) is 13.7 Å². The molecule has 2 N–H and O–H groups in total. The van der Waals surface area contributed by atoms with E-state index in [-0.39, 0.29) is 24.5 Å². The maximum atomic E-state index is 14.0. The molecule has 2 aromatic heterocycles. The zero-order valence-corrected chi connectivity index (χ0v) is 20.1. The van der Waals surface area contributed by atoms with E-state index in [1.54, 1.807) is 19.2 Å². The molecule has 9 nitrogen and oxygen atoms in total. The highest BCUT2D eigenvalue weighted by atomic mass is 32.2. The lowest BCUT2D eigenvalue weighted by atomic mass is 9.99. The monoisotopic (exact) mass is 500 g/mol. The average Bonchev–Trinajstić information content (AvgIpc) is 3.38. The number of hydrogen-bond acceptors (Lipinski definition) is 6. The van der Waals surface area contributed by atoms with E-state index in [1.807, 2.05) is 22.9 Å². The fourth-order valence-electron chi connectivity index (χ4n) is 5.01. The van der Waals surface area contributed by atoms with Gasteiger partial charge in [-0.3, -0.25) is 0 Å². The van der Waals surface area contributed by atoms with Crippen molar-refractivity contribution in [1.29, 1.82) is 0 Å². The Balaban J connectivity index is 1.49. The number of ether oxygens (including phenoxy) is 2. The van der Waals surface area contributed by atoms with Gasteiger partial charge in [0.25, 0.3) is 0 Å². The van der Waals surface area contributed by atoms with Crippen molar-refractivity contribution in [2.45, 2.75) is 38.3 Å². The minimum atomic E-state index is -4.03. The predicted octanol–water partition coefficient (Wildman–Crippen LogP) is 3.99. The van der Waals surface area contributed by atoms with Crippen LogP contribution in [0.1, 0.15) is 31.9 Å². The maximum absolute atomic E-state index is 14.0. The number of fused-ring (bicyclic) bond motifs is 3. The number of pyridine rings is 1. The van der Waals surface area contributed by atoms with Gasteiger partial charge in [-0.05, 0) is 67.7 Å². The van der Waals surface area contributed by atoms with Crippen LogP contribution >= 0.6 is 0 Å². The second kappa shape index (κ2) is 8.97. The zero-order chi connectivity index (χ0) is 24.7. The summed E-state index contributed by atoms with van der Waals surface area (Å²) in [6.07, 6.45) is 4.40. The molecule has 184 valence electrons. The van der Waals surface area contributed by atoms with Gasteiger partial charge in [-0.1, -0.05) is 6.08 Å². The van der Waals surface area contributed by atoms with E-state index >= 15 is 0 Å². The van der Waals surface area contributed by atoms with Crippen LogP contribution in [0, 0.1) is 5.82 Å². The van der Waals surface area contributed by atoms with Crippen LogP contribution in [0.2, 0.25) is 0 Å². The van der Waals surface area contributed by atoms with E-state index in [0.29, 0.717) is 36.2 Å². The highest BCUT2D eigenvalue weighted by Crippen LogP contribution is 2.41. The Morgan fingerprint density at radius 3 is 2.83 bits per heavy atom. The summed E-state index contributed by atoms with van der Waals surface area (Å²) in [5.41, 5.74) is 3.82. The first-order valence-electron chi connectivity index (χ1n) is 11.3. The van der Waals surface area contributed by atoms with E-state index in [9.17, 15) is 17.6 Å². The molecule has 3 aromatic rings. The van der Waals surface area contributed by atoms with Gasteiger partial charge in [-0.15, -0.1) is 0 Å². The van der Waals surface area contributed by atoms with Crippen molar-refractivity contribution in [1.82, 2.24) is 19.0 Å². The third-order valence-corrected chi connectivity index (χ3v) is 7.97. The van der Waals surface area contributed by atoms with Crippen molar-refractivity contribution < 1.29 is 27.1 Å². The minimum absolute atomic E-state index is 0.0795. The van der Waals surface area contributed by atoms with E-state index in [4.69, 9.17) is 9.47 Å². The molecule has 0 aliphatic carbocycles. The van der Waals surface area contributed by atoms with Crippen LogP contribution < -0.4 is 9.46 Å². The lowest BCUT2D eigenvalue weighted by Crippen LogP contribution is -2.50. The van der Waals surface area contributed by atoms with Crippen LogP contribution in [-0.4, -0.2) is 54.6 Å². The molecular formula is C24H25FN4O5S. The first-order chi connectivity index (χ1) is 16.8. The van der Waals surface area contributed by atoms with Crippen molar-refractivity contribution in [3.8, 4) is 16.9 Å². The van der Waals surface area contributed by atoms with Crippen LogP contribution in [0.4, 0.5) is 9.18 Å². The minimum Gasteiger partial charge on any atom is -0.496 e. The Labute approximate surface area is 202 Å². The van der Waals surface area contributed by atoms with Crippen LogP contribution in [0.3, 0.4) is 0 Å². The number of nitrogens with one attached hydrogen (secondary N) is 2. The molecule has 0 radical (unpaired) electrons. The number of hydrogen-bond donors (Lipinski definition) is 2. The maximum Gasteiger partial charge on any atom is 0.421 e. The Bertz CT molecular complexity index is 1430. The number of benzene rings is 1. The fourth-order valence-corrected chi connectivity index (χ4v) is 6.48. The van der Waals surface area contributed by atoms with Gasteiger partial charge in [-0.25, -0.2) is 18.9 Å². The third kappa shape index (κ3) is 4.25. The van der Waals surface area contributed by atoms with E-state index < -0.39 is 16.3 Å². The normalized spacial score (nSPS) is 20.0. The Morgan fingerprint density at radius 1 is 1.26 bits per heavy atom. The molecule has 5 rings (SSSR count). The summed E-state index contributed by atoms with van der Waals surface area (Å²) in [6, 6.07) is 7.47. The predicted molar refractivity (Wildman–Crippen MR) is 128 cm³/mol. The average molecular weight is 501 g/mol. The van der Waals surface area contributed by atoms with E-state index in [2.05, 4.69) is 9.97 Å². The Kier molecular flexibility index (Phi) is 5.97. The van der Waals surface area contributed by atoms with Crippen LogP contribution in [0.25, 0.3) is 27.7 Å². The molecule has 1 fully saturated rings. The van der Waals surface area contributed by atoms with Crippen molar-refractivity contribution in [3.63, 3.8) is 0 Å². The van der Waals surface area contributed by atoms with Crippen molar-refractivity contribution in [3.05, 3.63) is 54.1 Å². The molecule has 4 heterocycles. The first-order valence-corrected chi connectivity index (χ1v) is 12.8. The van der Waals surface area contributed by atoms with Crippen molar-refractivity contribution in [2.24, 2.45) is 0 Å². The lowest BCUT2D eigenvalue weighted by Gasteiger charge is -2.32. The second-order valence-electron chi connectivity index (χ2n) is 8.50. The summed E-state index contributed by atoms with van der Waals surface area (Å²) >= 11 is 0. The quantitative estimate of drug-likeness (QED) is 0.529. The second-order valence-corrected chi connectivity index (χ2v) is 10.1. The van der Waals surface area contributed by atoms with Gasteiger partial charge in [0.15, 0.2) is 0 Å². The topological polar surface area (TPSA) is 114 Å². The number of amides is 1. The van der Waals surface area contributed by atoms with Gasteiger partial charge in [0.2, 0.25) is 0 Å². The smallest absolute Gasteiger partial charge is 0.421 e. The molecule has 35 heavy (non-hydrogen) atoms. The molecule has 0 spiro atoms. The molecule has 11 heteroatoms. The van der Waals surface area contributed by atoms with E-state index in [0.717, 1.165) is 22.2 Å². The van der Waals surface area contributed by atoms with Gasteiger partial charge < -0.3 is 14.5 Å². The Morgan fingerprint density at radius 2 is 2.09 bits per heavy atom. The summed E-state index contributed by atoms with van der Waals surface area (Å²) in [6.45, 7) is 1.69. The number of methoxy groups -OCH3 is 1.